The van der Waals surface area contributed by atoms with E-state index in [9.17, 15) is 14.7 Å². The SMILES string of the molecule is Cc1ccc(-c2ccccc2CC(NC(=O)OC(C)(C)C)C(=O)O)cc1C. The minimum Gasteiger partial charge on any atom is -0.480 e. The molecule has 0 aliphatic carbocycles. The molecule has 0 fully saturated rings. The van der Waals surface area contributed by atoms with Crippen LogP contribution in [-0.2, 0) is 16.0 Å². The second kappa shape index (κ2) is 8.25. The van der Waals surface area contributed by atoms with Gasteiger partial charge < -0.3 is 15.2 Å². The van der Waals surface area contributed by atoms with E-state index in [0.29, 0.717) is 0 Å². The summed E-state index contributed by atoms with van der Waals surface area (Å²) < 4.78 is 5.19. The van der Waals surface area contributed by atoms with Gasteiger partial charge in [-0.1, -0.05) is 42.5 Å². The number of hydrogen-bond acceptors (Lipinski definition) is 3. The molecule has 0 aliphatic heterocycles. The third-order valence-corrected chi connectivity index (χ3v) is 4.25. The first-order chi connectivity index (χ1) is 12.6. The molecule has 0 heterocycles. The Bertz CT molecular complexity index is 836. The molecule has 144 valence electrons. The van der Waals surface area contributed by atoms with E-state index in [-0.39, 0.29) is 6.42 Å². The Morgan fingerprint density at radius 3 is 2.33 bits per heavy atom. The molecular formula is C22H27NO4. The summed E-state index contributed by atoms with van der Waals surface area (Å²) in [5.74, 6) is -1.10. The van der Waals surface area contributed by atoms with Crippen molar-refractivity contribution in [2.45, 2.75) is 52.7 Å². The van der Waals surface area contributed by atoms with E-state index in [4.69, 9.17) is 4.74 Å². The van der Waals surface area contributed by atoms with Crippen molar-refractivity contribution in [2.24, 2.45) is 0 Å². The molecule has 0 spiro atoms. The standard InChI is InChI=1S/C22H27NO4/c1-14-10-11-17(12-15(14)2)18-9-7-6-8-16(18)13-19(20(24)25)23-21(26)27-22(3,4)5/h6-12,19H,13H2,1-5H3,(H,23,26)(H,24,25). The lowest BCUT2D eigenvalue weighted by Gasteiger charge is -2.22. The largest absolute Gasteiger partial charge is 0.480 e. The monoisotopic (exact) mass is 369 g/mol. The summed E-state index contributed by atoms with van der Waals surface area (Å²) in [7, 11) is 0. The number of benzene rings is 2. The van der Waals surface area contributed by atoms with Crippen molar-refractivity contribution in [1.82, 2.24) is 5.32 Å². The number of ether oxygens (including phenoxy) is 1. The van der Waals surface area contributed by atoms with E-state index in [0.717, 1.165) is 16.7 Å². The number of carbonyl (C=O) groups is 2. The fourth-order valence-corrected chi connectivity index (χ4v) is 2.76. The normalized spacial score (nSPS) is 12.3. The summed E-state index contributed by atoms with van der Waals surface area (Å²) in [6.07, 6.45) is -0.573. The molecule has 27 heavy (non-hydrogen) atoms. The van der Waals surface area contributed by atoms with Gasteiger partial charge >= 0.3 is 12.1 Å². The number of carbonyl (C=O) groups excluding carboxylic acids is 1. The maximum absolute atomic E-state index is 12.0. The Hall–Kier alpha value is -2.82. The van der Waals surface area contributed by atoms with Gasteiger partial charge in [0.05, 0.1) is 0 Å². The van der Waals surface area contributed by atoms with Crippen molar-refractivity contribution < 1.29 is 19.4 Å². The molecule has 1 atom stereocenters. The summed E-state index contributed by atoms with van der Waals surface area (Å²) >= 11 is 0. The first kappa shape index (κ1) is 20.5. The molecule has 0 saturated heterocycles. The van der Waals surface area contributed by atoms with E-state index in [2.05, 4.69) is 24.4 Å². The number of alkyl carbamates (subject to hydrolysis) is 1. The minimum atomic E-state index is -1.10. The highest BCUT2D eigenvalue weighted by molar-refractivity contribution is 5.81. The summed E-state index contributed by atoms with van der Waals surface area (Å²) in [6.45, 7) is 9.30. The van der Waals surface area contributed by atoms with Crippen LogP contribution in [0.15, 0.2) is 42.5 Å². The fraction of sp³-hybridized carbons (Fsp3) is 0.364. The lowest BCUT2D eigenvalue weighted by molar-refractivity contribution is -0.139. The van der Waals surface area contributed by atoms with Crippen molar-refractivity contribution in [3.05, 3.63) is 59.2 Å². The molecule has 0 radical (unpaired) electrons. The Morgan fingerprint density at radius 2 is 1.74 bits per heavy atom. The van der Waals surface area contributed by atoms with Crippen LogP contribution in [0.2, 0.25) is 0 Å². The second-order valence-electron chi connectivity index (χ2n) is 7.70. The topological polar surface area (TPSA) is 75.6 Å². The van der Waals surface area contributed by atoms with Crippen LogP contribution in [0.5, 0.6) is 0 Å². The Labute approximate surface area is 160 Å². The number of nitrogens with one attached hydrogen (secondary N) is 1. The van der Waals surface area contributed by atoms with Gasteiger partial charge in [0.2, 0.25) is 0 Å². The van der Waals surface area contributed by atoms with Gasteiger partial charge in [-0.2, -0.15) is 0 Å². The zero-order valence-corrected chi connectivity index (χ0v) is 16.5. The first-order valence-corrected chi connectivity index (χ1v) is 8.94. The molecule has 2 rings (SSSR count). The van der Waals surface area contributed by atoms with Crippen LogP contribution >= 0.6 is 0 Å². The van der Waals surface area contributed by atoms with Gasteiger partial charge in [-0.3, -0.25) is 0 Å². The summed E-state index contributed by atoms with van der Waals surface area (Å²) in [6, 6.07) is 12.7. The second-order valence-corrected chi connectivity index (χ2v) is 7.70. The van der Waals surface area contributed by atoms with Crippen LogP contribution in [-0.4, -0.2) is 28.8 Å². The van der Waals surface area contributed by atoms with E-state index < -0.39 is 23.7 Å². The molecule has 2 aromatic rings. The summed E-state index contributed by atoms with van der Waals surface area (Å²) in [5, 5.41) is 12.0. The summed E-state index contributed by atoms with van der Waals surface area (Å²) in [4.78, 5) is 23.7. The van der Waals surface area contributed by atoms with Gasteiger partial charge in [0.1, 0.15) is 11.6 Å². The first-order valence-electron chi connectivity index (χ1n) is 8.94. The van der Waals surface area contributed by atoms with Crippen molar-refractivity contribution in [2.75, 3.05) is 0 Å². The van der Waals surface area contributed by atoms with Crippen molar-refractivity contribution in [1.29, 1.82) is 0 Å². The number of rotatable bonds is 5. The van der Waals surface area contributed by atoms with E-state index in [1.54, 1.807) is 20.8 Å². The number of carboxylic acids is 1. The van der Waals surface area contributed by atoms with Gasteiger partial charge in [-0.05, 0) is 62.4 Å². The Balaban J connectivity index is 2.27. The highest BCUT2D eigenvalue weighted by Crippen LogP contribution is 2.26. The molecule has 2 aromatic carbocycles. The molecule has 1 amide bonds. The zero-order chi connectivity index (χ0) is 20.2. The van der Waals surface area contributed by atoms with Gasteiger partial charge in [-0.15, -0.1) is 0 Å². The van der Waals surface area contributed by atoms with E-state index >= 15 is 0 Å². The van der Waals surface area contributed by atoms with Crippen LogP contribution in [0, 0.1) is 13.8 Å². The zero-order valence-electron chi connectivity index (χ0n) is 16.5. The van der Waals surface area contributed by atoms with E-state index in [1.165, 1.54) is 11.1 Å². The average Bonchev–Trinajstić information content (AvgIpc) is 2.55. The number of hydrogen-bond donors (Lipinski definition) is 2. The smallest absolute Gasteiger partial charge is 0.408 e. The molecule has 2 N–H and O–H groups in total. The Morgan fingerprint density at radius 1 is 1.07 bits per heavy atom. The summed E-state index contributed by atoms with van der Waals surface area (Å²) in [5.41, 5.74) is 4.51. The van der Waals surface area contributed by atoms with Crippen molar-refractivity contribution in [3.8, 4) is 11.1 Å². The van der Waals surface area contributed by atoms with Crippen LogP contribution < -0.4 is 5.32 Å². The molecule has 5 nitrogen and oxygen atoms in total. The van der Waals surface area contributed by atoms with Crippen LogP contribution in [0.3, 0.4) is 0 Å². The predicted molar refractivity (Wildman–Crippen MR) is 106 cm³/mol. The highest BCUT2D eigenvalue weighted by atomic mass is 16.6. The molecule has 0 saturated carbocycles. The molecular weight excluding hydrogens is 342 g/mol. The lowest BCUT2D eigenvalue weighted by Crippen LogP contribution is -2.44. The molecule has 5 heteroatoms. The van der Waals surface area contributed by atoms with Gasteiger partial charge in [0.25, 0.3) is 0 Å². The maximum atomic E-state index is 12.0. The van der Waals surface area contributed by atoms with Crippen LogP contribution in [0.4, 0.5) is 4.79 Å². The molecule has 0 aromatic heterocycles. The van der Waals surface area contributed by atoms with Gasteiger partial charge in [-0.25, -0.2) is 9.59 Å². The maximum Gasteiger partial charge on any atom is 0.408 e. The molecule has 0 bridgehead atoms. The third kappa shape index (κ3) is 5.84. The number of carboxylic acid groups (broad SMARTS) is 1. The van der Waals surface area contributed by atoms with Gasteiger partial charge in [0.15, 0.2) is 0 Å². The lowest BCUT2D eigenvalue weighted by atomic mass is 9.93. The third-order valence-electron chi connectivity index (χ3n) is 4.25. The fourth-order valence-electron chi connectivity index (χ4n) is 2.76. The molecule has 0 aliphatic rings. The van der Waals surface area contributed by atoms with Crippen LogP contribution in [0.25, 0.3) is 11.1 Å². The van der Waals surface area contributed by atoms with Gasteiger partial charge in [0, 0.05) is 6.42 Å². The number of amides is 1. The van der Waals surface area contributed by atoms with E-state index in [1.807, 2.05) is 37.3 Å². The average molecular weight is 369 g/mol. The predicted octanol–water partition coefficient (Wildman–Crippen LogP) is 4.49. The minimum absolute atomic E-state index is 0.164. The highest BCUT2D eigenvalue weighted by Gasteiger charge is 2.25. The number of aryl methyl sites for hydroxylation is 2. The molecule has 1 unspecified atom stereocenters. The Kier molecular flexibility index (Phi) is 6.26. The van der Waals surface area contributed by atoms with Crippen molar-refractivity contribution >= 4 is 12.1 Å². The van der Waals surface area contributed by atoms with Crippen molar-refractivity contribution in [3.63, 3.8) is 0 Å². The number of aliphatic carboxylic acids is 1. The quantitative estimate of drug-likeness (QED) is 0.814. The van der Waals surface area contributed by atoms with Crippen LogP contribution in [0.1, 0.15) is 37.5 Å².